The van der Waals surface area contributed by atoms with Gasteiger partial charge in [0.25, 0.3) is 0 Å². The Labute approximate surface area is 131 Å². The Morgan fingerprint density at radius 2 is 2.10 bits per heavy atom. The molecule has 21 heavy (non-hydrogen) atoms. The van der Waals surface area contributed by atoms with Crippen LogP contribution in [0.2, 0.25) is 0 Å². The minimum absolute atomic E-state index is 0.0877. The molecule has 4 heteroatoms. The molecule has 0 aromatic rings. The van der Waals surface area contributed by atoms with E-state index in [1.165, 1.54) is 0 Å². The Balaban J connectivity index is 2.44. The lowest BCUT2D eigenvalue weighted by Crippen LogP contribution is -2.51. The molecule has 0 aliphatic carbocycles. The van der Waals surface area contributed by atoms with Crippen molar-refractivity contribution in [3.63, 3.8) is 0 Å². The molecule has 0 aromatic carbocycles. The highest BCUT2D eigenvalue weighted by atomic mass is 16.5. The summed E-state index contributed by atoms with van der Waals surface area (Å²) in [6, 6.07) is 0.565. The molecule has 4 nitrogen and oxygen atoms in total. The van der Waals surface area contributed by atoms with Crippen molar-refractivity contribution in [2.75, 3.05) is 32.8 Å². The third-order valence-corrected chi connectivity index (χ3v) is 4.88. The molecule has 1 saturated heterocycles. The van der Waals surface area contributed by atoms with E-state index in [0.717, 1.165) is 58.3 Å². The maximum Gasteiger partial charge on any atom is 0.0674 e. The third kappa shape index (κ3) is 5.85. The topological polar surface area (TPSA) is 44.7 Å². The Bertz CT molecular complexity index is 270. The van der Waals surface area contributed by atoms with Crippen molar-refractivity contribution in [1.29, 1.82) is 0 Å². The molecule has 126 valence electrons. The van der Waals surface area contributed by atoms with Gasteiger partial charge in [0, 0.05) is 18.1 Å². The van der Waals surface area contributed by atoms with E-state index in [9.17, 15) is 5.11 Å². The smallest absolute Gasteiger partial charge is 0.0674 e. The van der Waals surface area contributed by atoms with Crippen LogP contribution in [0.25, 0.3) is 0 Å². The van der Waals surface area contributed by atoms with Gasteiger partial charge in [-0.25, -0.2) is 0 Å². The van der Waals surface area contributed by atoms with Crippen molar-refractivity contribution in [2.24, 2.45) is 0 Å². The van der Waals surface area contributed by atoms with Crippen molar-refractivity contribution in [1.82, 2.24) is 10.2 Å². The first-order chi connectivity index (χ1) is 10.1. The molecular weight excluding hydrogens is 264 g/mol. The van der Waals surface area contributed by atoms with Crippen LogP contribution in [0, 0.1) is 0 Å². The Hall–Kier alpha value is -0.160. The van der Waals surface area contributed by atoms with Gasteiger partial charge in [-0.15, -0.1) is 0 Å². The van der Waals surface area contributed by atoms with E-state index < -0.39 is 0 Å². The van der Waals surface area contributed by atoms with Crippen LogP contribution < -0.4 is 5.32 Å². The number of aliphatic hydroxyl groups is 1. The van der Waals surface area contributed by atoms with Crippen LogP contribution >= 0.6 is 0 Å². The summed E-state index contributed by atoms with van der Waals surface area (Å²) in [6.45, 7) is 13.0. The first-order valence-electron chi connectivity index (χ1n) is 8.82. The molecule has 1 rings (SSSR count). The molecule has 2 N–H and O–H groups in total. The lowest BCUT2D eigenvalue weighted by molar-refractivity contribution is -0.0568. The third-order valence-electron chi connectivity index (χ3n) is 4.88. The molecule has 1 aliphatic rings. The number of morpholine rings is 1. The fourth-order valence-electron chi connectivity index (χ4n) is 3.21. The lowest BCUT2D eigenvalue weighted by atomic mass is 9.90. The Morgan fingerprint density at radius 1 is 1.33 bits per heavy atom. The van der Waals surface area contributed by atoms with Crippen LogP contribution in [0.15, 0.2) is 0 Å². The number of aliphatic hydroxyl groups excluding tert-OH is 1. The lowest BCUT2D eigenvalue weighted by Gasteiger charge is -2.39. The van der Waals surface area contributed by atoms with E-state index in [1.54, 1.807) is 0 Å². The minimum Gasteiger partial charge on any atom is -0.394 e. The maximum absolute atomic E-state index is 9.78. The zero-order valence-corrected chi connectivity index (χ0v) is 14.5. The molecule has 0 saturated carbocycles. The summed E-state index contributed by atoms with van der Waals surface area (Å²) >= 11 is 0. The fourth-order valence-corrected chi connectivity index (χ4v) is 3.21. The Morgan fingerprint density at radius 3 is 2.67 bits per heavy atom. The second kappa shape index (κ2) is 9.78. The summed E-state index contributed by atoms with van der Waals surface area (Å²) in [5, 5.41) is 13.3. The molecule has 0 spiro atoms. The van der Waals surface area contributed by atoms with Gasteiger partial charge in [-0.05, 0) is 52.1 Å². The summed E-state index contributed by atoms with van der Waals surface area (Å²) in [6.07, 6.45) is 5.77. The van der Waals surface area contributed by atoms with E-state index in [4.69, 9.17) is 4.74 Å². The zero-order valence-electron chi connectivity index (χ0n) is 14.5. The quantitative estimate of drug-likeness (QED) is 0.650. The number of hydrogen-bond donors (Lipinski definition) is 2. The largest absolute Gasteiger partial charge is 0.394 e. The zero-order chi connectivity index (χ0) is 15.7. The molecule has 0 amide bonds. The predicted molar refractivity (Wildman–Crippen MR) is 88.7 cm³/mol. The molecular formula is C17H36N2O2. The highest BCUT2D eigenvalue weighted by molar-refractivity contribution is 4.87. The monoisotopic (exact) mass is 300 g/mol. The van der Waals surface area contributed by atoms with Crippen molar-refractivity contribution in [3.8, 4) is 0 Å². The standard InChI is InChI=1S/C17H36N2O2/c1-5-10-18-17(7-3,14-20)9-8-11-19-12-15(4)21-13-16(19)6-2/h15-16,18,20H,5-14H2,1-4H3. The number of nitrogens with zero attached hydrogens (tertiary/aromatic N) is 1. The van der Waals surface area contributed by atoms with E-state index in [-0.39, 0.29) is 12.1 Å². The van der Waals surface area contributed by atoms with Gasteiger partial charge >= 0.3 is 0 Å². The molecule has 3 unspecified atom stereocenters. The average Bonchev–Trinajstić information content (AvgIpc) is 2.51. The molecule has 0 aromatic heterocycles. The van der Waals surface area contributed by atoms with Crippen LogP contribution in [0.3, 0.4) is 0 Å². The summed E-state index contributed by atoms with van der Waals surface area (Å²) in [4.78, 5) is 2.58. The van der Waals surface area contributed by atoms with E-state index in [1.807, 2.05) is 0 Å². The second-order valence-electron chi connectivity index (χ2n) is 6.52. The summed E-state index contributed by atoms with van der Waals surface area (Å²) in [5.41, 5.74) is -0.0877. The van der Waals surface area contributed by atoms with Crippen LogP contribution in [0.4, 0.5) is 0 Å². The van der Waals surface area contributed by atoms with Gasteiger partial charge in [0.05, 0.1) is 19.3 Å². The number of hydrogen-bond acceptors (Lipinski definition) is 4. The van der Waals surface area contributed by atoms with Gasteiger partial charge in [0.1, 0.15) is 0 Å². The maximum atomic E-state index is 9.78. The number of nitrogens with one attached hydrogen (secondary N) is 1. The highest BCUT2D eigenvalue weighted by Gasteiger charge is 2.28. The second-order valence-corrected chi connectivity index (χ2v) is 6.52. The van der Waals surface area contributed by atoms with Gasteiger partial charge in [-0.2, -0.15) is 0 Å². The van der Waals surface area contributed by atoms with Gasteiger partial charge in [0.15, 0.2) is 0 Å². The summed E-state index contributed by atoms with van der Waals surface area (Å²) < 4.78 is 5.76. The van der Waals surface area contributed by atoms with E-state index in [0.29, 0.717) is 12.1 Å². The summed E-state index contributed by atoms with van der Waals surface area (Å²) in [7, 11) is 0. The molecule has 1 fully saturated rings. The molecule has 1 heterocycles. The van der Waals surface area contributed by atoms with Crippen LogP contribution in [0.1, 0.15) is 59.8 Å². The van der Waals surface area contributed by atoms with E-state index >= 15 is 0 Å². The van der Waals surface area contributed by atoms with Crippen LogP contribution in [-0.4, -0.2) is 60.5 Å². The molecule has 0 radical (unpaired) electrons. The molecule has 1 aliphatic heterocycles. The Kier molecular flexibility index (Phi) is 8.79. The van der Waals surface area contributed by atoms with Crippen molar-refractivity contribution < 1.29 is 9.84 Å². The number of ether oxygens (including phenoxy) is 1. The first kappa shape index (κ1) is 18.9. The van der Waals surface area contributed by atoms with Crippen molar-refractivity contribution in [2.45, 2.75) is 77.5 Å². The fraction of sp³-hybridized carbons (Fsp3) is 1.00. The number of rotatable bonds is 10. The first-order valence-corrected chi connectivity index (χ1v) is 8.82. The SMILES string of the molecule is CCCNC(CC)(CO)CCCN1CC(C)OCC1CC. The van der Waals surface area contributed by atoms with Gasteiger partial charge in [0.2, 0.25) is 0 Å². The minimum atomic E-state index is -0.0877. The summed E-state index contributed by atoms with van der Waals surface area (Å²) in [5.74, 6) is 0. The predicted octanol–water partition coefficient (Wildman–Crippen LogP) is 2.41. The average molecular weight is 300 g/mol. The van der Waals surface area contributed by atoms with Crippen molar-refractivity contribution >= 4 is 0 Å². The molecule has 0 bridgehead atoms. The van der Waals surface area contributed by atoms with Crippen molar-refractivity contribution in [3.05, 3.63) is 0 Å². The van der Waals surface area contributed by atoms with Gasteiger partial charge in [-0.1, -0.05) is 20.8 Å². The molecule has 3 atom stereocenters. The van der Waals surface area contributed by atoms with Crippen LogP contribution in [-0.2, 0) is 4.74 Å². The van der Waals surface area contributed by atoms with E-state index in [2.05, 4.69) is 37.9 Å². The van der Waals surface area contributed by atoms with Crippen LogP contribution in [0.5, 0.6) is 0 Å². The normalized spacial score (nSPS) is 26.7. The van der Waals surface area contributed by atoms with Gasteiger partial charge < -0.3 is 15.2 Å². The van der Waals surface area contributed by atoms with Gasteiger partial charge in [-0.3, -0.25) is 4.90 Å². The highest BCUT2D eigenvalue weighted by Crippen LogP contribution is 2.20.